The molecule has 3 rings (SSSR count). The number of alkyl halides is 3. The summed E-state index contributed by atoms with van der Waals surface area (Å²) in [5.74, 6) is 0.396. The number of nitrogens with zero attached hydrogens (tertiary/aromatic N) is 1. The van der Waals surface area contributed by atoms with Crippen molar-refractivity contribution in [3.63, 3.8) is 0 Å². The van der Waals surface area contributed by atoms with Crippen LogP contribution in [-0.2, 0) is 12.8 Å². The van der Waals surface area contributed by atoms with Crippen molar-refractivity contribution in [2.24, 2.45) is 0 Å². The monoisotopic (exact) mass is 344 g/mol. The highest BCUT2D eigenvalue weighted by Gasteiger charge is 2.31. The first kappa shape index (κ1) is 16.8. The Morgan fingerprint density at radius 2 is 1.68 bits per heavy atom. The van der Waals surface area contributed by atoms with Gasteiger partial charge in [-0.25, -0.2) is 4.98 Å². The van der Waals surface area contributed by atoms with Gasteiger partial charge < -0.3 is 10.5 Å². The highest BCUT2D eigenvalue weighted by Crippen LogP contribution is 2.34. The average molecular weight is 344 g/mol. The summed E-state index contributed by atoms with van der Waals surface area (Å²) < 4.78 is 44.3. The van der Waals surface area contributed by atoms with Crippen molar-refractivity contribution in [3.8, 4) is 17.0 Å². The van der Waals surface area contributed by atoms with E-state index in [-0.39, 0.29) is 5.69 Å². The summed E-state index contributed by atoms with van der Waals surface area (Å²) in [5.41, 5.74) is 6.74. The van der Waals surface area contributed by atoms with Crippen LogP contribution in [0.2, 0.25) is 0 Å². The Kier molecular flexibility index (Phi) is 4.61. The fourth-order valence-corrected chi connectivity index (χ4v) is 2.35. The van der Waals surface area contributed by atoms with Crippen LogP contribution < -0.4 is 10.5 Å². The summed E-state index contributed by atoms with van der Waals surface area (Å²) in [6.45, 7) is 0.365. The molecule has 6 heteroatoms. The molecule has 0 aliphatic heterocycles. The predicted octanol–water partition coefficient (Wildman–Crippen LogP) is 4.93. The van der Waals surface area contributed by atoms with Gasteiger partial charge in [-0.2, -0.15) is 13.2 Å². The molecule has 0 radical (unpaired) electrons. The van der Waals surface area contributed by atoms with Crippen LogP contribution in [0.4, 0.5) is 18.9 Å². The van der Waals surface area contributed by atoms with Crippen molar-refractivity contribution < 1.29 is 17.9 Å². The van der Waals surface area contributed by atoms with E-state index in [1.807, 2.05) is 30.3 Å². The minimum Gasteiger partial charge on any atom is -0.473 e. The first-order valence-corrected chi connectivity index (χ1v) is 7.53. The van der Waals surface area contributed by atoms with Crippen LogP contribution in [-0.4, -0.2) is 4.98 Å². The van der Waals surface area contributed by atoms with E-state index in [0.29, 0.717) is 23.6 Å². The number of hydrogen-bond donors (Lipinski definition) is 1. The van der Waals surface area contributed by atoms with Gasteiger partial charge in [-0.05, 0) is 35.4 Å². The maximum atomic E-state index is 12.9. The first-order valence-electron chi connectivity index (χ1n) is 7.53. The average Bonchev–Trinajstić information content (AvgIpc) is 2.60. The zero-order valence-corrected chi connectivity index (χ0v) is 13.1. The number of rotatable bonds is 4. The highest BCUT2D eigenvalue weighted by molar-refractivity contribution is 5.68. The lowest BCUT2D eigenvalue weighted by Crippen LogP contribution is -2.06. The molecule has 0 unspecified atom stereocenters. The number of ether oxygens (including phenoxy) is 1. The smallest absolute Gasteiger partial charge is 0.416 e. The number of nitrogen functional groups attached to an aromatic ring is 1. The fraction of sp³-hybridized carbons (Fsp3) is 0.105. The fourth-order valence-electron chi connectivity index (χ4n) is 2.35. The van der Waals surface area contributed by atoms with Gasteiger partial charge >= 0.3 is 6.18 Å². The van der Waals surface area contributed by atoms with Gasteiger partial charge in [0, 0.05) is 23.5 Å². The second-order valence-corrected chi connectivity index (χ2v) is 5.50. The lowest BCUT2D eigenvalue weighted by atomic mass is 10.0. The third kappa shape index (κ3) is 4.29. The number of nitrogens with two attached hydrogens (primary N) is 1. The summed E-state index contributed by atoms with van der Waals surface area (Å²) in [7, 11) is 0. The molecule has 1 aromatic heterocycles. The van der Waals surface area contributed by atoms with Gasteiger partial charge in [0.1, 0.15) is 6.61 Å². The molecule has 0 aliphatic carbocycles. The minimum absolute atomic E-state index is 0.0502. The molecule has 1 heterocycles. The molecule has 0 fully saturated rings. The van der Waals surface area contributed by atoms with Crippen molar-refractivity contribution in [3.05, 3.63) is 78.0 Å². The molecule has 3 nitrogen and oxygen atoms in total. The van der Waals surface area contributed by atoms with Crippen molar-refractivity contribution >= 4 is 5.69 Å². The van der Waals surface area contributed by atoms with E-state index in [2.05, 4.69) is 4.98 Å². The Morgan fingerprint density at radius 1 is 0.920 bits per heavy atom. The van der Waals surface area contributed by atoms with Crippen molar-refractivity contribution in [1.29, 1.82) is 0 Å². The van der Waals surface area contributed by atoms with Gasteiger partial charge in [-0.3, -0.25) is 0 Å². The van der Waals surface area contributed by atoms with E-state index in [1.165, 1.54) is 12.3 Å². The third-order valence-electron chi connectivity index (χ3n) is 3.58. The second-order valence-electron chi connectivity index (χ2n) is 5.50. The third-order valence-corrected chi connectivity index (χ3v) is 3.58. The van der Waals surface area contributed by atoms with E-state index in [9.17, 15) is 13.2 Å². The molecule has 2 aromatic carbocycles. The van der Waals surface area contributed by atoms with E-state index < -0.39 is 11.7 Å². The van der Waals surface area contributed by atoms with Crippen LogP contribution in [0.3, 0.4) is 0 Å². The van der Waals surface area contributed by atoms with Crippen LogP contribution in [0.25, 0.3) is 11.1 Å². The Bertz CT molecular complexity index is 847. The lowest BCUT2D eigenvalue weighted by molar-refractivity contribution is -0.137. The van der Waals surface area contributed by atoms with Crippen LogP contribution in [0.15, 0.2) is 66.9 Å². The summed E-state index contributed by atoms with van der Waals surface area (Å²) >= 11 is 0. The van der Waals surface area contributed by atoms with Crippen molar-refractivity contribution in [1.82, 2.24) is 4.98 Å². The molecular weight excluding hydrogens is 329 g/mol. The quantitative estimate of drug-likeness (QED) is 0.683. The standard InChI is InChI=1S/C19H15F3N2O/c20-19(21,22)16-8-15(9-17(23)10-16)14-6-7-18(24-11-14)25-12-13-4-2-1-3-5-13/h1-11H,12,23H2. The van der Waals surface area contributed by atoms with Crippen molar-refractivity contribution in [2.75, 3.05) is 5.73 Å². The largest absolute Gasteiger partial charge is 0.473 e. The Labute approximate surface area is 142 Å². The number of benzene rings is 2. The zero-order valence-electron chi connectivity index (χ0n) is 13.1. The molecule has 128 valence electrons. The van der Waals surface area contributed by atoms with E-state index in [4.69, 9.17) is 10.5 Å². The number of aromatic nitrogens is 1. The van der Waals surface area contributed by atoms with Gasteiger partial charge in [0.25, 0.3) is 0 Å². The molecule has 0 aliphatic rings. The van der Waals surface area contributed by atoms with Crippen molar-refractivity contribution in [2.45, 2.75) is 12.8 Å². The minimum atomic E-state index is -4.45. The molecule has 0 saturated heterocycles. The number of pyridine rings is 1. The maximum absolute atomic E-state index is 12.9. The Hall–Kier alpha value is -3.02. The molecule has 3 aromatic rings. The molecule has 2 N–H and O–H groups in total. The molecule has 0 bridgehead atoms. The summed E-state index contributed by atoms with van der Waals surface area (Å²) in [5, 5.41) is 0. The molecule has 25 heavy (non-hydrogen) atoms. The summed E-state index contributed by atoms with van der Waals surface area (Å²) in [4.78, 5) is 4.15. The van der Waals surface area contributed by atoms with E-state index in [0.717, 1.165) is 17.7 Å². The Balaban J connectivity index is 1.77. The summed E-state index contributed by atoms with van der Waals surface area (Å²) in [6, 6.07) is 16.3. The van der Waals surface area contributed by atoms with Gasteiger partial charge in [-0.15, -0.1) is 0 Å². The molecule has 0 spiro atoms. The van der Waals surface area contributed by atoms with Gasteiger partial charge in [-0.1, -0.05) is 30.3 Å². The van der Waals surface area contributed by atoms with Gasteiger partial charge in [0.15, 0.2) is 0 Å². The maximum Gasteiger partial charge on any atom is 0.416 e. The van der Waals surface area contributed by atoms with Crippen LogP contribution in [0, 0.1) is 0 Å². The topological polar surface area (TPSA) is 48.1 Å². The first-order chi connectivity index (χ1) is 11.9. The highest BCUT2D eigenvalue weighted by atomic mass is 19.4. The van der Waals surface area contributed by atoms with Crippen LogP contribution in [0.1, 0.15) is 11.1 Å². The number of anilines is 1. The van der Waals surface area contributed by atoms with E-state index in [1.54, 1.807) is 12.1 Å². The van der Waals surface area contributed by atoms with Crippen LogP contribution in [0.5, 0.6) is 5.88 Å². The Morgan fingerprint density at radius 3 is 2.32 bits per heavy atom. The lowest BCUT2D eigenvalue weighted by Gasteiger charge is -2.11. The zero-order chi connectivity index (χ0) is 17.9. The normalized spacial score (nSPS) is 11.3. The predicted molar refractivity (Wildman–Crippen MR) is 89.9 cm³/mol. The summed E-state index contributed by atoms with van der Waals surface area (Å²) in [6.07, 6.45) is -2.98. The number of hydrogen-bond acceptors (Lipinski definition) is 3. The van der Waals surface area contributed by atoms with Crippen LogP contribution >= 0.6 is 0 Å². The molecular formula is C19H15F3N2O. The van der Waals surface area contributed by atoms with E-state index >= 15 is 0 Å². The van der Waals surface area contributed by atoms with Gasteiger partial charge in [0.05, 0.1) is 5.56 Å². The molecule has 0 saturated carbocycles. The molecule has 0 amide bonds. The molecule has 0 atom stereocenters. The van der Waals surface area contributed by atoms with Gasteiger partial charge in [0.2, 0.25) is 5.88 Å². The number of halogens is 3. The SMILES string of the molecule is Nc1cc(-c2ccc(OCc3ccccc3)nc2)cc(C(F)(F)F)c1. The second kappa shape index (κ2) is 6.84.